The predicted molar refractivity (Wildman–Crippen MR) is 101 cm³/mol. The predicted octanol–water partition coefficient (Wildman–Crippen LogP) is 2.33. The van der Waals surface area contributed by atoms with Gasteiger partial charge in [-0.3, -0.25) is 10.2 Å². The van der Waals surface area contributed by atoms with Crippen LogP contribution in [0.15, 0.2) is 29.6 Å². The molecule has 2 rings (SSSR count). The average molecular weight is 368 g/mol. The van der Waals surface area contributed by atoms with E-state index in [2.05, 4.69) is 33.8 Å². The average Bonchev–Trinajstić information content (AvgIpc) is 2.92. The molecule has 0 aliphatic carbocycles. The number of amides is 1. The maximum absolute atomic E-state index is 11.0. The highest BCUT2D eigenvalue weighted by atomic mass is 35.5. The van der Waals surface area contributed by atoms with E-state index in [1.807, 2.05) is 11.4 Å². The summed E-state index contributed by atoms with van der Waals surface area (Å²) < 4.78 is 0. The summed E-state index contributed by atoms with van der Waals surface area (Å²) in [6.07, 6.45) is 2.57. The van der Waals surface area contributed by atoms with Crippen molar-refractivity contribution in [3.63, 3.8) is 0 Å². The molecular weight excluding hydrogens is 346 g/mol. The lowest BCUT2D eigenvalue weighted by Gasteiger charge is -2.06. The van der Waals surface area contributed by atoms with Crippen LogP contribution >= 0.6 is 23.7 Å². The van der Waals surface area contributed by atoms with E-state index >= 15 is 0 Å². The molecule has 1 aromatic heterocycles. The Morgan fingerprint density at radius 1 is 1.29 bits per heavy atom. The van der Waals surface area contributed by atoms with Gasteiger partial charge in [-0.05, 0) is 30.4 Å². The molecule has 0 fully saturated rings. The molecule has 2 aromatic rings. The number of guanidine groups is 1. The lowest BCUT2D eigenvalue weighted by molar-refractivity contribution is -0.114. The lowest BCUT2D eigenvalue weighted by Crippen LogP contribution is -2.31. The van der Waals surface area contributed by atoms with Crippen molar-refractivity contribution < 1.29 is 4.79 Å². The standard InChI is InChI=1S/C16H21N5OS.ClH/c1-11(22)20-16-21-14(10-23-16)6-5-12-3-2-4-13(9-12)7-8-19-15(17)18;/h2-4,9-10H,5-8H2,1H3,(H4,17,18,19)(H,20,21,22);1H. The molecule has 0 saturated carbocycles. The summed E-state index contributed by atoms with van der Waals surface area (Å²) in [6.45, 7) is 2.14. The van der Waals surface area contributed by atoms with Gasteiger partial charge in [-0.1, -0.05) is 24.3 Å². The number of nitrogens with two attached hydrogens (primary N) is 1. The van der Waals surface area contributed by atoms with Gasteiger partial charge in [-0.2, -0.15) is 0 Å². The molecule has 0 bridgehead atoms. The highest BCUT2D eigenvalue weighted by Crippen LogP contribution is 2.17. The minimum Gasteiger partial charge on any atom is -0.370 e. The monoisotopic (exact) mass is 367 g/mol. The highest BCUT2D eigenvalue weighted by molar-refractivity contribution is 7.13. The van der Waals surface area contributed by atoms with Gasteiger partial charge in [0.15, 0.2) is 11.1 Å². The van der Waals surface area contributed by atoms with Gasteiger partial charge in [0.2, 0.25) is 5.91 Å². The Hall–Kier alpha value is -2.12. The second kappa shape index (κ2) is 9.89. The van der Waals surface area contributed by atoms with Gasteiger partial charge in [0.05, 0.1) is 5.69 Å². The SMILES string of the molecule is CC(=O)Nc1nc(CCc2cccc(CCNC(=N)N)c2)cs1.Cl. The fourth-order valence-electron chi connectivity index (χ4n) is 2.18. The summed E-state index contributed by atoms with van der Waals surface area (Å²) in [7, 11) is 0. The van der Waals surface area contributed by atoms with Gasteiger partial charge in [-0.15, -0.1) is 23.7 Å². The van der Waals surface area contributed by atoms with Gasteiger partial charge in [-0.25, -0.2) is 4.98 Å². The Morgan fingerprint density at radius 2 is 2.00 bits per heavy atom. The number of nitrogens with zero attached hydrogens (tertiary/aromatic N) is 1. The van der Waals surface area contributed by atoms with E-state index in [4.69, 9.17) is 11.1 Å². The van der Waals surface area contributed by atoms with Gasteiger partial charge >= 0.3 is 0 Å². The number of hydrogen-bond acceptors (Lipinski definition) is 4. The van der Waals surface area contributed by atoms with Crippen LogP contribution in [0.25, 0.3) is 0 Å². The summed E-state index contributed by atoms with van der Waals surface area (Å²) in [5, 5.41) is 15.3. The normalized spacial score (nSPS) is 9.88. The molecule has 1 amide bonds. The molecule has 0 radical (unpaired) electrons. The molecule has 0 aliphatic heterocycles. The van der Waals surface area contributed by atoms with E-state index < -0.39 is 0 Å². The van der Waals surface area contributed by atoms with E-state index in [0.29, 0.717) is 11.7 Å². The summed E-state index contributed by atoms with van der Waals surface area (Å²) in [5.74, 6) is -0.0996. The number of halogens is 1. The number of carbonyl (C=O) groups excluding carboxylic acids is 1. The molecule has 0 spiro atoms. The molecule has 1 aromatic carbocycles. The Kier molecular flexibility index (Phi) is 8.21. The molecule has 0 saturated heterocycles. The first kappa shape index (κ1) is 19.9. The third-order valence-corrected chi connectivity index (χ3v) is 4.03. The smallest absolute Gasteiger partial charge is 0.223 e. The summed E-state index contributed by atoms with van der Waals surface area (Å²) >= 11 is 1.45. The third kappa shape index (κ3) is 6.97. The van der Waals surface area contributed by atoms with E-state index in [-0.39, 0.29) is 24.3 Å². The largest absolute Gasteiger partial charge is 0.370 e. The van der Waals surface area contributed by atoms with E-state index in [1.54, 1.807) is 0 Å². The van der Waals surface area contributed by atoms with Crippen molar-refractivity contribution in [1.82, 2.24) is 10.3 Å². The summed E-state index contributed by atoms with van der Waals surface area (Å²) in [4.78, 5) is 15.4. The topological polar surface area (TPSA) is 104 Å². The van der Waals surface area contributed by atoms with Crippen molar-refractivity contribution in [3.05, 3.63) is 46.5 Å². The third-order valence-electron chi connectivity index (χ3n) is 3.23. The summed E-state index contributed by atoms with van der Waals surface area (Å²) in [6, 6.07) is 8.39. The van der Waals surface area contributed by atoms with Gasteiger partial charge in [0.25, 0.3) is 0 Å². The number of thiazole rings is 1. The van der Waals surface area contributed by atoms with Crippen LogP contribution < -0.4 is 16.4 Å². The molecule has 0 aliphatic rings. The Balaban J connectivity index is 0.00000288. The summed E-state index contributed by atoms with van der Waals surface area (Å²) in [5.41, 5.74) is 8.72. The number of nitrogens with one attached hydrogen (secondary N) is 3. The molecule has 8 heteroatoms. The van der Waals surface area contributed by atoms with E-state index in [0.717, 1.165) is 25.0 Å². The van der Waals surface area contributed by atoms with E-state index in [9.17, 15) is 4.79 Å². The first-order valence-electron chi connectivity index (χ1n) is 7.40. The first-order valence-corrected chi connectivity index (χ1v) is 8.28. The lowest BCUT2D eigenvalue weighted by atomic mass is 10.0. The van der Waals surface area contributed by atoms with Crippen molar-refractivity contribution in [2.45, 2.75) is 26.2 Å². The van der Waals surface area contributed by atoms with Crippen LogP contribution in [-0.4, -0.2) is 23.4 Å². The molecule has 1 heterocycles. The molecule has 24 heavy (non-hydrogen) atoms. The Morgan fingerprint density at radius 3 is 2.67 bits per heavy atom. The second-order valence-corrected chi connectivity index (χ2v) is 6.09. The van der Waals surface area contributed by atoms with E-state index in [1.165, 1.54) is 29.4 Å². The van der Waals surface area contributed by atoms with Crippen molar-refractivity contribution in [2.75, 3.05) is 11.9 Å². The highest BCUT2D eigenvalue weighted by Gasteiger charge is 2.04. The van der Waals surface area contributed by atoms with Crippen LogP contribution in [-0.2, 0) is 24.1 Å². The fraction of sp³-hybridized carbons (Fsp3) is 0.312. The number of aromatic nitrogens is 1. The number of rotatable bonds is 7. The minimum absolute atomic E-state index is 0. The zero-order valence-electron chi connectivity index (χ0n) is 13.5. The maximum Gasteiger partial charge on any atom is 0.223 e. The number of carbonyl (C=O) groups is 1. The zero-order chi connectivity index (χ0) is 16.7. The van der Waals surface area contributed by atoms with Crippen LogP contribution in [0.5, 0.6) is 0 Å². The Bertz CT molecular complexity index is 689. The van der Waals surface area contributed by atoms with Crippen molar-refractivity contribution in [3.8, 4) is 0 Å². The quantitative estimate of drug-likeness (QED) is 0.445. The maximum atomic E-state index is 11.0. The van der Waals surface area contributed by atoms with Crippen molar-refractivity contribution in [1.29, 1.82) is 5.41 Å². The second-order valence-electron chi connectivity index (χ2n) is 5.24. The number of aryl methyl sites for hydroxylation is 2. The van der Waals surface area contributed by atoms with Gasteiger partial charge in [0, 0.05) is 18.8 Å². The van der Waals surface area contributed by atoms with Crippen LogP contribution in [0.4, 0.5) is 5.13 Å². The molecule has 0 atom stereocenters. The number of hydrogen-bond donors (Lipinski definition) is 4. The van der Waals surface area contributed by atoms with Crippen LogP contribution in [0, 0.1) is 5.41 Å². The molecular formula is C16H22ClN5OS. The fourth-order valence-corrected chi connectivity index (χ4v) is 2.98. The van der Waals surface area contributed by atoms with Crippen molar-refractivity contribution in [2.24, 2.45) is 5.73 Å². The Labute approximate surface area is 151 Å². The molecule has 0 unspecified atom stereocenters. The zero-order valence-corrected chi connectivity index (χ0v) is 15.1. The number of anilines is 1. The van der Waals surface area contributed by atoms with Gasteiger partial charge in [0.1, 0.15) is 0 Å². The molecule has 6 nitrogen and oxygen atoms in total. The van der Waals surface area contributed by atoms with Gasteiger partial charge < -0.3 is 16.4 Å². The van der Waals surface area contributed by atoms with Crippen LogP contribution in [0.3, 0.4) is 0 Å². The molecule has 130 valence electrons. The molecule has 5 N–H and O–H groups in total. The van der Waals surface area contributed by atoms with Crippen molar-refractivity contribution >= 4 is 40.7 Å². The van der Waals surface area contributed by atoms with Crippen LogP contribution in [0.1, 0.15) is 23.7 Å². The minimum atomic E-state index is -0.0993. The van der Waals surface area contributed by atoms with Crippen LogP contribution in [0.2, 0.25) is 0 Å². The number of benzene rings is 1. The first-order chi connectivity index (χ1) is 11.0.